The molecule has 0 atom stereocenters. The van der Waals surface area contributed by atoms with Crippen LogP contribution in [0.25, 0.3) is 0 Å². The van der Waals surface area contributed by atoms with E-state index < -0.39 is 6.03 Å². The average Bonchev–Trinajstić information content (AvgIpc) is 2.14. The number of hydrazone groups is 1. The van der Waals surface area contributed by atoms with Crippen LogP contribution in [0.2, 0.25) is 0 Å². The third-order valence-corrected chi connectivity index (χ3v) is 1.58. The van der Waals surface area contributed by atoms with Crippen molar-refractivity contribution in [3.8, 4) is 0 Å². The van der Waals surface area contributed by atoms with Crippen LogP contribution < -0.4 is 11.2 Å². The molecule has 0 aliphatic carbocycles. The first-order valence-electron chi connectivity index (χ1n) is 3.95. The van der Waals surface area contributed by atoms with Crippen molar-refractivity contribution < 1.29 is 9.18 Å². The Bertz CT molecular complexity index is 376. The minimum Gasteiger partial charge on any atom is -0.350 e. The number of halogens is 1. The predicted molar refractivity (Wildman–Crippen MR) is 51.3 cm³/mol. The van der Waals surface area contributed by atoms with E-state index in [4.69, 9.17) is 5.73 Å². The second-order valence-electron chi connectivity index (χ2n) is 2.68. The van der Waals surface area contributed by atoms with Crippen LogP contribution in [0, 0.1) is 5.82 Å². The molecule has 5 heteroatoms. The summed E-state index contributed by atoms with van der Waals surface area (Å²) in [7, 11) is 0. The largest absolute Gasteiger partial charge is 0.350 e. The molecule has 0 fully saturated rings. The fourth-order valence-corrected chi connectivity index (χ4v) is 0.917. The number of carbonyl (C=O) groups excluding carboxylic acids is 1. The SMILES string of the molecule is C/C(=N/NC(N)=O)c1cccc(F)c1. The Morgan fingerprint density at radius 2 is 2.29 bits per heavy atom. The van der Waals surface area contributed by atoms with E-state index in [-0.39, 0.29) is 5.82 Å². The summed E-state index contributed by atoms with van der Waals surface area (Å²) in [6.07, 6.45) is 0. The van der Waals surface area contributed by atoms with Gasteiger partial charge < -0.3 is 5.73 Å². The number of hydrogen-bond donors (Lipinski definition) is 2. The standard InChI is InChI=1S/C9H10FN3O/c1-6(12-13-9(11)14)7-3-2-4-8(10)5-7/h2-5H,1H3,(H3,11,13,14)/b12-6-. The van der Waals surface area contributed by atoms with Crippen LogP contribution in [0.5, 0.6) is 0 Å². The zero-order chi connectivity index (χ0) is 10.6. The van der Waals surface area contributed by atoms with Crippen LogP contribution in [-0.2, 0) is 0 Å². The molecule has 3 N–H and O–H groups in total. The zero-order valence-electron chi connectivity index (χ0n) is 7.62. The highest BCUT2D eigenvalue weighted by molar-refractivity contribution is 5.99. The molecule has 4 nitrogen and oxygen atoms in total. The second-order valence-corrected chi connectivity index (χ2v) is 2.68. The van der Waals surface area contributed by atoms with Crippen molar-refractivity contribution in [2.45, 2.75) is 6.92 Å². The van der Waals surface area contributed by atoms with Crippen molar-refractivity contribution in [1.29, 1.82) is 0 Å². The molecule has 0 saturated heterocycles. The van der Waals surface area contributed by atoms with Gasteiger partial charge in [0.15, 0.2) is 0 Å². The van der Waals surface area contributed by atoms with Gasteiger partial charge in [-0.25, -0.2) is 14.6 Å². The molecule has 1 aromatic carbocycles. The molecular weight excluding hydrogens is 185 g/mol. The summed E-state index contributed by atoms with van der Waals surface area (Å²) in [6.45, 7) is 1.64. The monoisotopic (exact) mass is 195 g/mol. The van der Waals surface area contributed by atoms with Crippen LogP contribution in [0.1, 0.15) is 12.5 Å². The van der Waals surface area contributed by atoms with Gasteiger partial charge in [0.2, 0.25) is 0 Å². The lowest BCUT2D eigenvalue weighted by molar-refractivity contribution is 0.249. The van der Waals surface area contributed by atoms with E-state index in [0.717, 1.165) is 0 Å². The summed E-state index contributed by atoms with van der Waals surface area (Å²) >= 11 is 0. The molecule has 0 aliphatic rings. The minimum atomic E-state index is -0.749. The van der Waals surface area contributed by atoms with Gasteiger partial charge in [0.25, 0.3) is 0 Å². The molecule has 74 valence electrons. The van der Waals surface area contributed by atoms with E-state index in [2.05, 4.69) is 10.5 Å². The average molecular weight is 195 g/mol. The smallest absolute Gasteiger partial charge is 0.332 e. The molecule has 0 aromatic heterocycles. The number of urea groups is 1. The number of amides is 2. The molecule has 0 aliphatic heterocycles. The topological polar surface area (TPSA) is 67.5 Å². The van der Waals surface area contributed by atoms with E-state index in [1.807, 2.05) is 0 Å². The van der Waals surface area contributed by atoms with Crippen molar-refractivity contribution >= 4 is 11.7 Å². The molecular formula is C9H10FN3O. The Labute approximate surface area is 80.6 Å². The van der Waals surface area contributed by atoms with Crippen LogP contribution >= 0.6 is 0 Å². The van der Waals surface area contributed by atoms with E-state index in [1.165, 1.54) is 12.1 Å². The number of hydrogen-bond acceptors (Lipinski definition) is 2. The van der Waals surface area contributed by atoms with E-state index in [0.29, 0.717) is 11.3 Å². The number of primary amides is 1. The Kier molecular flexibility index (Phi) is 3.17. The van der Waals surface area contributed by atoms with Crippen molar-refractivity contribution in [3.63, 3.8) is 0 Å². The van der Waals surface area contributed by atoms with Crippen LogP contribution in [0.3, 0.4) is 0 Å². The maximum Gasteiger partial charge on any atom is 0.332 e. The first kappa shape index (κ1) is 10.2. The highest BCUT2D eigenvalue weighted by Gasteiger charge is 1.98. The normalized spacial score (nSPS) is 11.1. The molecule has 1 aromatic rings. The molecule has 0 heterocycles. The summed E-state index contributed by atoms with van der Waals surface area (Å²) in [5, 5.41) is 3.66. The van der Waals surface area contributed by atoms with Gasteiger partial charge in [-0.3, -0.25) is 0 Å². The number of carbonyl (C=O) groups is 1. The Hall–Kier alpha value is -1.91. The lowest BCUT2D eigenvalue weighted by atomic mass is 10.1. The maximum atomic E-state index is 12.8. The molecule has 0 radical (unpaired) electrons. The van der Waals surface area contributed by atoms with Crippen molar-refractivity contribution in [3.05, 3.63) is 35.6 Å². The van der Waals surface area contributed by atoms with E-state index in [9.17, 15) is 9.18 Å². The first-order chi connectivity index (χ1) is 6.59. The Morgan fingerprint density at radius 3 is 2.86 bits per heavy atom. The molecule has 0 bridgehead atoms. The van der Waals surface area contributed by atoms with Crippen LogP contribution in [-0.4, -0.2) is 11.7 Å². The Morgan fingerprint density at radius 1 is 1.57 bits per heavy atom. The van der Waals surface area contributed by atoms with Gasteiger partial charge in [-0.2, -0.15) is 5.10 Å². The predicted octanol–water partition coefficient (Wildman–Crippen LogP) is 1.22. The summed E-state index contributed by atoms with van der Waals surface area (Å²) in [6, 6.07) is 5.15. The lowest BCUT2D eigenvalue weighted by Crippen LogP contribution is -2.25. The van der Waals surface area contributed by atoms with Crippen molar-refractivity contribution in [1.82, 2.24) is 5.43 Å². The molecule has 0 saturated carbocycles. The highest BCUT2D eigenvalue weighted by atomic mass is 19.1. The number of nitrogens with zero attached hydrogens (tertiary/aromatic N) is 1. The quantitative estimate of drug-likeness (QED) is 0.540. The minimum absolute atomic E-state index is 0.351. The third-order valence-electron chi connectivity index (χ3n) is 1.58. The van der Waals surface area contributed by atoms with Gasteiger partial charge in [-0.1, -0.05) is 12.1 Å². The fourth-order valence-electron chi connectivity index (χ4n) is 0.917. The number of rotatable bonds is 2. The highest BCUT2D eigenvalue weighted by Crippen LogP contribution is 2.04. The third kappa shape index (κ3) is 2.85. The molecule has 0 unspecified atom stereocenters. The fraction of sp³-hybridized carbons (Fsp3) is 0.111. The van der Waals surface area contributed by atoms with Gasteiger partial charge in [0, 0.05) is 5.56 Å². The molecule has 1 rings (SSSR count). The second kappa shape index (κ2) is 4.36. The lowest BCUT2D eigenvalue weighted by Gasteiger charge is -2.00. The van der Waals surface area contributed by atoms with Gasteiger partial charge >= 0.3 is 6.03 Å². The first-order valence-corrected chi connectivity index (χ1v) is 3.95. The van der Waals surface area contributed by atoms with Crippen molar-refractivity contribution in [2.24, 2.45) is 10.8 Å². The summed E-state index contributed by atoms with van der Waals surface area (Å²) < 4.78 is 12.8. The summed E-state index contributed by atoms with van der Waals surface area (Å²) in [4.78, 5) is 10.3. The van der Waals surface area contributed by atoms with E-state index in [1.54, 1.807) is 19.1 Å². The number of nitrogens with one attached hydrogen (secondary N) is 1. The number of benzene rings is 1. The van der Waals surface area contributed by atoms with Crippen LogP contribution in [0.15, 0.2) is 29.4 Å². The van der Waals surface area contributed by atoms with Crippen molar-refractivity contribution in [2.75, 3.05) is 0 Å². The van der Waals surface area contributed by atoms with Gasteiger partial charge in [-0.05, 0) is 19.1 Å². The zero-order valence-corrected chi connectivity index (χ0v) is 7.62. The molecule has 0 spiro atoms. The number of nitrogens with two attached hydrogens (primary N) is 1. The summed E-state index contributed by atoms with van der Waals surface area (Å²) in [5.74, 6) is -0.351. The molecule has 2 amide bonds. The van der Waals surface area contributed by atoms with Gasteiger partial charge in [0.05, 0.1) is 5.71 Å². The molecule has 14 heavy (non-hydrogen) atoms. The maximum absolute atomic E-state index is 12.8. The summed E-state index contributed by atoms with van der Waals surface area (Å²) in [5.41, 5.74) is 7.97. The van der Waals surface area contributed by atoms with Crippen LogP contribution in [0.4, 0.5) is 9.18 Å². The van der Waals surface area contributed by atoms with E-state index >= 15 is 0 Å². The van der Waals surface area contributed by atoms with Gasteiger partial charge in [-0.15, -0.1) is 0 Å². The van der Waals surface area contributed by atoms with Gasteiger partial charge in [0.1, 0.15) is 5.82 Å². The Balaban J connectivity index is 2.83.